The predicted octanol–water partition coefficient (Wildman–Crippen LogP) is -2.95. The van der Waals surface area contributed by atoms with Crippen molar-refractivity contribution in [2.75, 3.05) is 39.6 Å². The Morgan fingerprint density at radius 2 is 1.05 bits per heavy atom. The number of aliphatic hydroxyl groups excluding tert-OH is 14. The number of hydrogen-bond donors (Lipinski definition) is 15. The van der Waals surface area contributed by atoms with Crippen LogP contribution in [0.2, 0.25) is 0 Å². The van der Waals surface area contributed by atoms with Crippen LogP contribution in [-0.2, 0) is 42.7 Å². The first-order chi connectivity index (χ1) is 36.3. The molecule has 0 aromatic carbocycles. The van der Waals surface area contributed by atoms with Crippen LogP contribution in [0.3, 0.4) is 0 Å². The van der Waals surface area contributed by atoms with E-state index < -0.39 is 189 Å². The summed E-state index contributed by atoms with van der Waals surface area (Å²) in [5, 5.41) is 160. The van der Waals surface area contributed by atoms with E-state index in [-0.39, 0.29) is 48.2 Å². The summed E-state index contributed by atoms with van der Waals surface area (Å²) in [5.41, 5.74) is -2.92. The predicted molar refractivity (Wildman–Crippen MR) is 260 cm³/mol. The first kappa shape index (κ1) is 60.2. The Bertz CT molecular complexity index is 2020. The van der Waals surface area contributed by atoms with Crippen molar-refractivity contribution in [1.82, 2.24) is 0 Å². The molecule has 9 rings (SSSR count). The largest absolute Gasteiger partial charge is 0.481 e. The van der Waals surface area contributed by atoms with Crippen molar-refractivity contribution in [3.05, 3.63) is 0 Å². The molecule has 0 radical (unpaired) electrons. The summed E-state index contributed by atoms with van der Waals surface area (Å²) in [7, 11) is 0. The fourth-order valence-corrected chi connectivity index (χ4v) is 17.7. The highest BCUT2D eigenvalue weighted by Crippen LogP contribution is 2.78. The van der Waals surface area contributed by atoms with E-state index in [0.29, 0.717) is 12.8 Å². The minimum atomic E-state index is -1.80. The van der Waals surface area contributed by atoms with Crippen LogP contribution >= 0.6 is 0 Å². The lowest BCUT2D eigenvalue weighted by Gasteiger charge is -2.72. The number of hydrogen-bond acceptors (Lipinski definition) is 23. The van der Waals surface area contributed by atoms with E-state index >= 15 is 0 Å². The molecule has 0 bridgehead atoms. The maximum absolute atomic E-state index is 14.3. The zero-order valence-corrected chi connectivity index (χ0v) is 44.7. The van der Waals surface area contributed by atoms with Gasteiger partial charge in [0.05, 0.1) is 44.6 Å². The van der Waals surface area contributed by atoms with E-state index in [9.17, 15) is 81.4 Å². The Hall–Kier alpha value is -1.41. The van der Waals surface area contributed by atoms with Crippen LogP contribution < -0.4 is 0 Å². The number of rotatable bonds is 16. The quantitative estimate of drug-likeness (QED) is 0.0735. The van der Waals surface area contributed by atoms with Crippen LogP contribution in [0.25, 0.3) is 0 Å². The number of carboxylic acids is 1. The van der Waals surface area contributed by atoms with Crippen LogP contribution in [0, 0.1) is 62.6 Å². The average Bonchev–Trinajstić information content (AvgIpc) is 3.94. The smallest absolute Gasteiger partial charge is 0.310 e. The minimum absolute atomic E-state index is 0.0598. The van der Waals surface area contributed by atoms with Gasteiger partial charge in [-0.1, -0.05) is 41.0 Å². The third kappa shape index (κ3) is 9.77. The van der Waals surface area contributed by atoms with E-state index in [1.54, 1.807) is 0 Å². The van der Waals surface area contributed by atoms with Gasteiger partial charge in [-0.15, -0.1) is 0 Å². The van der Waals surface area contributed by atoms with Crippen molar-refractivity contribution in [3.63, 3.8) is 0 Å². The lowest BCUT2D eigenvalue weighted by atomic mass is 9.31. The van der Waals surface area contributed by atoms with E-state index in [1.165, 1.54) is 0 Å². The summed E-state index contributed by atoms with van der Waals surface area (Å²) in [6.45, 7) is 8.19. The minimum Gasteiger partial charge on any atom is -0.481 e. The van der Waals surface area contributed by atoms with Gasteiger partial charge in [0.15, 0.2) is 25.2 Å². The highest BCUT2D eigenvalue weighted by atomic mass is 16.8. The van der Waals surface area contributed by atoms with Crippen molar-refractivity contribution in [3.8, 4) is 0 Å². The van der Waals surface area contributed by atoms with Crippen molar-refractivity contribution < 1.29 is 119 Å². The van der Waals surface area contributed by atoms with Crippen molar-refractivity contribution in [1.29, 1.82) is 0 Å². The lowest BCUT2D eigenvalue weighted by Crippen LogP contribution is -2.67. The Labute approximate surface area is 448 Å². The number of aliphatic carboxylic acids is 1. The van der Waals surface area contributed by atoms with Gasteiger partial charge in [-0.25, -0.2) is 0 Å². The molecule has 0 aromatic rings. The molecule has 0 aromatic heterocycles. The molecular weight excluding hydrogens is 1020 g/mol. The molecule has 31 atom stereocenters. The lowest BCUT2D eigenvalue weighted by molar-refractivity contribution is -0.354. The summed E-state index contributed by atoms with van der Waals surface area (Å²) in [4.78, 5) is 14.3. The maximum atomic E-state index is 14.3. The van der Waals surface area contributed by atoms with E-state index in [1.807, 2.05) is 6.92 Å². The number of ether oxygens (including phenoxy) is 8. The van der Waals surface area contributed by atoms with Crippen LogP contribution in [0.1, 0.15) is 98.8 Å². The first-order valence-electron chi connectivity index (χ1n) is 28.0. The van der Waals surface area contributed by atoms with Gasteiger partial charge in [-0.05, 0) is 115 Å². The summed E-state index contributed by atoms with van der Waals surface area (Å²) in [6.07, 6.45) is -23.9. The zero-order valence-electron chi connectivity index (χ0n) is 44.7. The number of carbonyl (C=O) groups is 1. The van der Waals surface area contributed by atoms with Gasteiger partial charge in [0.2, 0.25) is 0 Å². The summed E-state index contributed by atoms with van der Waals surface area (Å²) < 4.78 is 48.2. The molecule has 9 aliphatic rings. The molecule has 0 spiro atoms. The number of carboxylic acid groups (broad SMARTS) is 1. The fourth-order valence-electron chi connectivity index (χ4n) is 17.7. The summed E-state index contributed by atoms with van der Waals surface area (Å²) in [6, 6.07) is 0. The van der Waals surface area contributed by atoms with Gasteiger partial charge >= 0.3 is 5.97 Å². The second-order valence-electron chi connectivity index (χ2n) is 25.6. The summed E-state index contributed by atoms with van der Waals surface area (Å²) >= 11 is 0. The normalized spacial score (nSPS) is 55.2. The average molecular weight is 1110 g/mol. The third-order valence-corrected chi connectivity index (χ3v) is 21.9. The topological polar surface area (TPSA) is 394 Å². The second kappa shape index (κ2) is 22.6. The van der Waals surface area contributed by atoms with Gasteiger partial charge in [-0.3, -0.25) is 4.79 Å². The van der Waals surface area contributed by atoms with Crippen LogP contribution in [-0.4, -0.2) is 245 Å². The van der Waals surface area contributed by atoms with Crippen LogP contribution in [0.15, 0.2) is 0 Å². The highest BCUT2D eigenvalue weighted by Gasteiger charge is 2.75. The van der Waals surface area contributed by atoms with E-state index in [4.69, 9.17) is 37.9 Å². The highest BCUT2D eigenvalue weighted by molar-refractivity contribution is 5.77. The number of fused-ring (bicyclic) bond motifs is 7. The van der Waals surface area contributed by atoms with Crippen LogP contribution in [0.5, 0.6) is 0 Å². The zero-order chi connectivity index (χ0) is 56.1. The molecule has 15 N–H and O–H groups in total. The molecule has 4 aliphatic heterocycles. The Morgan fingerprint density at radius 1 is 0.545 bits per heavy atom. The fraction of sp³-hybridized carbons (Fsp3) is 0.981. The molecule has 4 saturated heterocycles. The Morgan fingerprint density at radius 3 is 1.65 bits per heavy atom. The molecule has 9 fully saturated rings. The van der Waals surface area contributed by atoms with E-state index in [2.05, 4.69) is 27.7 Å². The molecule has 24 nitrogen and oxygen atoms in total. The molecule has 0 amide bonds. The van der Waals surface area contributed by atoms with Crippen molar-refractivity contribution in [2.24, 2.45) is 62.6 Å². The molecular formula is C53H88O24. The van der Waals surface area contributed by atoms with Crippen molar-refractivity contribution >= 4 is 5.97 Å². The second-order valence-corrected chi connectivity index (χ2v) is 25.6. The molecule has 444 valence electrons. The Balaban J connectivity index is 0.954. The Kier molecular flexibility index (Phi) is 17.7. The molecule has 5 aliphatic carbocycles. The van der Waals surface area contributed by atoms with Gasteiger partial charge < -0.3 is 114 Å². The molecule has 5 saturated carbocycles. The van der Waals surface area contributed by atoms with Crippen molar-refractivity contribution in [2.45, 2.75) is 222 Å². The standard InChI is InChI=1S/C53H88O24/c1-22(16-54)32-23-9-13-52(5)31(53(23,48(68)69)15-24(32)72-45-42(67)38(63)34(59)26(18-56)74-45)8-7-30-50(3)12-6-11-49(2,29(50)10-14-51(30,52)4)21-71-47-43(77-46-40(65)35(60)27(19-57)75-46)39(64)36(61)28(76-47)20-70-44-41(66)37(62)33(58)25(17-55)73-44/h22-47,54-67H,6-21H2,1-5H3,(H,68,69)/t22-,23+,24+,25-,26-,27+,28-,29?,30-,31+,32-,33-,34-,35+,36-,37+,38+,39+,40-,41-,42-,43-,44-,45-,46+,47-,49-,50+,51-,52-,53-/m1/s1. The van der Waals surface area contributed by atoms with Gasteiger partial charge in [0, 0.05) is 6.61 Å². The molecule has 4 heterocycles. The van der Waals surface area contributed by atoms with Gasteiger partial charge in [0.1, 0.15) is 91.6 Å². The summed E-state index contributed by atoms with van der Waals surface area (Å²) in [5.74, 6) is -2.31. The maximum Gasteiger partial charge on any atom is 0.310 e. The van der Waals surface area contributed by atoms with Gasteiger partial charge in [0.25, 0.3) is 0 Å². The first-order valence-corrected chi connectivity index (χ1v) is 28.0. The van der Waals surface area contributed by atoms with E-state index in [0.717, 1.165) is 44.9 Å². The third-order valence-electron chi connectivity index (χ3n) is 21.9. The number of aliphatic hydroxyl groups is 14. The van der Waals surface area contributed by atoms with Crippen LogP contribution in [0.4, 0.5) is 0 Å². The van der Waals surface area contributed by atoms with Gasteiger partial charge in [-0.2, -0.15) is 0 Å². The monoisotopic (exact) mass is 1110 g/mol. The molecule has 24 heteroatoms. The molecule has 77 heavy (non-hydrogen) atoms. The SMILES string of the molecule is C[C@H](CO)[C@H]1[C@@H](O[C@@H]2O[C@H](CO)[C@@H](O)[C@H](O)[C@H]2O)C[C@]2(C(=O)O)[C@H]3CC[C@@H]4[C@@]5(C)CCC[C@](C)(CO[C@@H]6O[C@H](CO[C@@H]7O[C@H](CO)[C@@H](O)[C@H](O)[C@H]7O)[C@@H](O)[C@H](O)[C@H]6O[C@@H]6O[C@@H](CO)[C@H](O)[C@H]6O)C5CC[C@@]4(C)[C@]3(C)CC[C@@H]12. The molecule has 1 unspecified atom stereocenters.